The van der Waals surface area contributed by atoms with Crippen LogP contribution in [0.5, 0.6) is 5.75 Å². The van der Waals surface area contributed by atoms with Crippen molar-refractivity contribution in [1.82, 2.24) is 0 Å². The summed E-state index contributed by atoms with van der Waals surface area (Å²) in [6, 6.07) is 12.8. The lowest BCUT2D eigenvalue weighted by Crippen LogP contribution is -2.27. The second-order valence-electron chi connectivity index (χ2n) is 4.49. The van der Waals surface area contributed by atoms with E-state index in [1.807, 2.05) is 0 Å². The van der Waals surface area contributed by atoms with Gasteiger partial charge >= 0.3 is 0 Å². The van der Waals surface area contributed by atoms with Crippen LogP contribution in [0.2, 0.25) is 0 Å². The van der Waals surface area contributed by atoms with Crippen molar-refractivity contribution in [2.75, 3.05) is 17.1 Å². The van der Waals surface area contributed by atoms with Crippen LogP contribution in [0.4, 0.5) is 11.4 Å². The highest BCUT2D eigenvalue weighted by Gasteiger charge is 2.19. The minimum Gasteiger partial charge on any atom is -0.508 e. The number of sulfonamides is 1. The average Bonchev–Trinajstić information content (AvgIpc) is 2.38. The van der Waals surface area contributed by atoms with Crippen LogP contribution >= 0.6 is 0 Å². The number of nitrogens with zero attached hydrogens (tertiary/aromatic N) is 1. The monoisotopic (exact) mass is 292 g/mol. The third-order valence-electron chi connectivity index (χ3n) is 2.93. The SMILES string of the molecule is CN(c1ccc(O)cc1)S(=O)(=O)Cc1cccc(N)c1. The summed E-state index contributed by atoms with van der Waals surface area (Å²) in [7, 11) is -2.02. The molecule has 0 atom stereocenters. The van der Waals surface area contributed by atoms with Gasteiger partial charge in [0.15, 0.2) is 0 Å². The first-order valence-electron chi connectivity index (χ1n) is 5.98. The van der Waals surface area contributed by atoms with Gasteiger partial charge in [0, 0.05) is 12.7 Å². The Hall–Kier alpha value is -2.21. The van der Waals surface area contributed by atoms with Crippen LogP contribution in [0, 0.1) is 0 Å². The molecule has 0 saturated carbocycles. The van der Waals surface area contributed by atoms with Crippen molar-refractivity contribution in [3.05, 3.63) is 54.1 Å². The molecule has 20 heavy (non-hydrogen) atoms. The fourth-order valence-electron chi connectivity index (χ4n) is 1.81. The summed E-state index contributed by atoms with van der Waals surface area (Å²) in [5, 5.41) is 9.23. The van der Waals surface area contributed by atoms with E-state index in [-0.39, 0.29) is 11.5 Å². The molecular weight excluding hydrogens is 276 g/mol. The van der Waals surface area contributed by atoms with Crippen LogP contribution in [-0.4, -0.2) is 20.6 Å². The molecule has 0 unspecified atom stereocenters. The third kappa shape index (κ3) is 3.21. The Balaban J connectivity index is 2.24. The van der Waals surface area contributed by atoms with E-state index in [0.717, 1.165) is 0 Å². The Morgan fingerprint density at radius 3 is 2.40 bits per heavy atom. The molecule has 6 heteroatoms. The van der Waals surface area contributed by atoms with Gasteiger partial charge in [0.1, 0.15) is 5.75 Å². The zero-order chi connectivity index (χ0) is 14.8. The van der Waals surface area contributed by atoms with E-state index in [0.29, 0.717) is 16.9 Å². The van der Waals surface area contributed by atoms with Crippen molar-refractivity contribution in [2.24, 2.45) is 0 Å². The standard InChI is InChI=1S/C14H16N2O3S/c1-16(13-5-7-14(17)8-6-13)20(18,19)10-11-3-2-4-12(15)9-11/h2-9,17H,10,15H2,1H3. The number of phenolic OH excluding ortho intramolecular Hbond substituents is 1. The molecule has 2 aromatic rings. The van der Waals surface area contributed by atoms with Gasteiger partial charge in [-0.3, -0.25) is 4.31 Å². The topological polar surface area (TPSA) is 83.6 Å². The maximum atomic E-state index is 12.3. The maximum absolute atomic E-state index is 12.3. The van der Waals surface area contributed by atoms with Crippen molar-refractivity contribution in [3.63, 3.8) is 0 Å². The Bertz CT molecular complexity index is 697. The Morgan fingerprint density at radius 1 is 1.15 bits per heavy atom. The number of aromatic hydroxyl groups is 1. The molecule has 0 aromatic heterocycles. The predicted octanol–water partition coefficient (Wildman–Crippen LogP) is 1.94. The molecule has 0 heterocycles. The molecule has 0 saturated heterocycles. The van der Waals surface area contributed by atoms with Gasteiger partial charge in [0.2, 0.25) is 10.0 Å². The number of benzene rings is 2. The lowest BCUT2D eigenvalue weighted by atomic mass is 10.2. The van der Waals surface area contributed by atoms with E-state index in [9.17, 15) is 13.5 Å². The van der Waals surface area contributed by atoms with Gasteiger partial charge in [0.25, 0.3) is 0 Å². The van der Waals surface area contributed by atoms with Crippen LogP contribution in [0.25, 0.3) is 0 Å². The first-order valence-corrected chi connectivity index (χ1v) is 7.59. The number of phenols is 1. The fourth-order valence-corrected chi connectivity index (χ4v) is 3.05. The van der Waals surface area contributed by atoms with Gasteiger partial charge < -0.3 is 10.8 Å². The van der Waals surface area contributed by atoms with Crippen molar-refractivity contribution in [2.45, 2.75) is 5.75 Å². The fraction of sp³-hybridized carbons (Fsp3) is 0.143. The van der Waals surface area contributed by atoms with E-state index >= 15 is 0 Å². The van der Waals surface area contributed by atoms with Gasteiger partial charge in [-0.15, -0.1) is 0 Å². The number of hydrogen-bond donors (Lipinski definition) is 2. The summed E-state index contributed by atoms with van der Waals surface area (Å²) in [5.74, 6) is -0.0366. The second-order valence-corrected chi connectivity index (χ2v) is 6.49. The number of anilines is 2. The Morgan fingerprint density at radius 2 is 1.80 bits per heavy atom. The third-order valence-corrected chi connectivity index (χ3v) is 4.67. The van der Waals surface area contributed by atoms with E-state index in [4.69, 9.17) is 5.73 Å². The van der Waals surface area contributed by atoms with E-state index in [1.165, 1.54) is 23.5 Å². The summed E-state index contributed by atoms with van der Waals surface area (Å²) in [5.41, 5.74) is 7.30. The summed E-state index contributed by atoms with van der Waals surface area (Å²) in [6.07, 6.45) is 0. The molecule has 0 aliphatic carbocycles. The molecule has 0 radical (unpaired) electrons. The van der Waals surface area contributed by atoms with E-state index in [2.05, 4.69) is 0 Å². The molecule has 0 bridgehead atoms. The van der Waals surface area contributed by atoms with Crippen LogP contribution in [0.1, 0.15) is 5.56 Å². The van der Waals surface area contributed by atoms with Crippen molar-refractivity contribution >= 4 is 21.4 Å². The molecule has 0 aliphatic heterocycles. The Kier molecular flexibility index (Phi) is 3.85. The summed E-state index contributed by atoms with van der Waals surface area (Å²) in [4.78, 5) is 0. The summed E-state index contributed by atoms with van der Waals surface area (Å²) < 4.78 is 25.8. The minimum atomic E-state index is -3.50. The molecule has 0 amide bonds. The van der Waals surface area contributed by atoms with Gasteiger partial charge in [-0.2, -0.15) is 0 Å². The predicted molar refractivity (Wildman–Crippen MR) is 80.0 cm³/mol. The zero-order valence-electron chi connectivity index (χ0n) is 11.0. The van der Waals surface area contributed by atoms with Crippen molar-refractivity contribution < 1.29 is 13.5 Å². The van der Waals surface area contributed by atoms with Crippen molar-refractivity contribution in [3.8, 4) is 5.75 Å². The van der Waals surface area contributed by atoms with E-state index < -0.39 is 10.0 Å². The van der Waals surface area contributed by atoms with Crippen LogP contribution < -0.4 is 10.0 Å². The molecule has 106 valence electrons. The minimum absolute atomic E-state index is 0.0929. The van der Waals surface area contributed by atoms with Crippen LogP contribution in [0.3, 0.4) is 0 Å². The lowest BCUT2D eigenvalue weighted by Gasteiger charge is -2.19. The van der Waals surface area contributed by atoms with Crippen LogP contribution in [-0.2, 0) is 15.8 Å². The van der Waals surface area contributed by atoms with Crippen LogP contribution in [0.15, 0.2) is 48.5 Å². The zero-order valence-corrected chi connectivity index (χ0v) is 11.8. The first kappa shape index (κ1) is 14.2. The molecular formula is C14H16N2O3S. The highest BCUT2D eigenvalue weighted by molar-refractivity contribution is 7.92. The molecule has 2 rings (SSSR count). The second kappa shape index (κ2) is 5.42. The normalized spacial score (nSPS) is 11.2. The van der Waals surface area contributed by atoms with Crippen molar-refractivity contribution in [1.29, 1.82) is 0 Å². The molecule has 0 aliphatic rings. The van der Waals surface area contributed by atoms with Gasteiger partial charge in [-0.05, 0) is 42.0 Å². The van der Waals surface area contributed by atoms with E-state index in [1.54, 1.807) is 36.4 Å². The number of hydrogen-bond acceptors (Lipinski definition) is 4. The largest absolute Gasteiger partial charge is 0.508 e. The summed E-state index contributed by atoms with van der Waals surface area (Å²) in [6.45, 7) is 0. The molecule has 3 N–H and O–H groups in total. The molecule has 0 spiro atoms. The smallest absolute Gasteiger partial charge is 0.239 e. The summed E-state index contributed by atoms with van der Waals surface area (Å²) >= 11 is 0. The van der Waals surface area contributed by atoms with Gasteiger partial charge in [-0.25, -0.2) is 8.42 Å². The average molecular weight is 292 g/mol. The van der Waals surface area contributed by atoms with Gasteiger partial charge in [0.05, 0.1) is 11.4 Å². The number of rotatable bonds is 4. The quantitative estimate of drug-likeness (QED) is 0.844. The first-order chi connectivity index (χ1) is 9.38. The highest BCUT2D eigenvalue weighted by Crippen LogP contribution is 2.22. The lowest BCUT2D eigenvalue weighted by molar-refractivity contribution is 0.475. The Labute approximate surface area is 118 Å². The highest BCUT2D eigenvalue weighted by atomic mass is 32.2. The molecule has 0 fully saturated rings. The molecule has 5 nitrogen and oxygen atoms in total. The molecule has 2 aromatic carbocycles. The van der Waals surface area contributed by atoms with Gasteiger partial charge in [-0.1, -0.05) is 12.1 Å². The number of nitrogen functional groups attached to an aromatic ring is 1. The number of nitrogens with two attached hydrogens (primary N) is 1. The maximum Gasteiger partial charge on any atom is 0.239 e.